The number of aryl methyl sites for hydroxylation is 1. The van der Waals surface area contributed by atoms with Gasteiger partial charge in [0.15, 0.2) is 0 Å². The second-order valence-corrected chi connectivity index (χ2v) is 4.46. The summed E-state index contributed by atoms with van der Waals surface area (Å²) in [4.78, 5) is 22.4. The predicted octanol–water partition coefficient (Wildman–Crippen LogP) is 1.81. The number of nitrogens with zero attached hydrogens (tertiary/aromatic N) is 3. The Hall–Kier alpha value is -1.45. The topological polar surface area (TPSA) is 46.1 Å². The van der Waals surface area contributed by atoms with Gasteiger partial charge in [0, 0.05) is 37.8 Å². The van der Waals surface area contributed by atoms with E-state index in [1.54, 1.807) is 18.5 Å². The van der Waals surface area contributed by atoms with Gasteiger partial charge in [-0.1, -0.05) is 6.92 Å². The Balaban J connectivity index is 1.85. The Morgan fingerprint density at radius 3 is 2.94 bits per heavy atom. The van der Waals surface area contributed by atoms with Gasteiger partial charge in [-0.3, -0.25) is 4.79 Å². The van der Waals surface area contributed by atoms with Gasteiger partial charge in [-0.15, -0.1) is 0 Å². The maximum Gasteiger partial charge on any atom is 0.223 e. The van der Waals surface area contributed by atoms with Crippen LogP contribution in [0.3, 0.4) is 0 Å². The number of rotatable bonds is 4. The van der Waals surface area contributed by atoms with Crippen LogP contribution in [0.1, 0.15) is 38.4 Å². The minimum atomic E-state index is 0.252. The summed E-state index contributed by atoms with van der Waals surface area (Å²) >= 11 is 0. The van der Waals surface area contributed by atoms with Gasteiger partial charge in [-0.2, -0.15) is 0 Å². The molecule has 0 N–H and O–H groups in total. The van der Waals surface area contributed by atoms with Crippen molar-refractivity contribution in [3.8, 4) is 0 Å². The Morgan fingerprint density at radius 2 is 2.24 bits per heavy atom. The molecule has 1 aromatic rings. The van der Waals surface area contributed by atoms with E-state index in [9.17, 15) is 4.79 Å². The molecule has 4 nitrogen and oxygen atoms in total. The summed E-state index contributed by atoms with van der Waals surface area (Å²) in [5.74, 6) is 1.01. The second-order valence-electron chi connectivity index (χ2n) is 4.46. The summed E-state index contributed by atoms with van der Waals surface area (Å²) in [5.41, 5.74) is 0. The van der Waals surface area contributed by atoms with Crippen molar-refractivity contribution in [1.29, 1.82) is 0 Å². The number of aromatic nitrogens is 2. The van der Waals surface area contributed by atoms with E-state index in [0.717, 1.165) is 31.6 Å². The predicted molar refractivity (Wildman–Crippen MR) is 65.4 cm³/mol. The van der Waals surface area contributed by atoms with Crippen LogP contribution in [-0.2, 0) is 11.2 Å². The lowest BCUT2D eigenvalue weighted by molar-refractivity contribution is -0.132. The van der Waals surface area contributed by atoms with Gasteiger partial charge in [-0.05, 0) is 25.3 Å². The van der Waals surface area contributed by atoms with Gasteiger partial charge >= 0.3 is 0 Å². The Morgan fingerprint density at radius 1 is 1.47 bits per heavy atom. The summed E-state index contributed by atoms with van der Waals surface area (Å²) in [6, 6.07) is 2.25. The molecule has 0 spiro atoms. The zero-order chi connectivity index (χ0) is 12.1. The van der Waals surface area contributed by atoms with Crippen LogP contribution in [0.5, 0.6) is 0 Å². The molecule has 1 fully saturated rings. The fourth-order valence-corrected chi connectivity index (χ4v) is 2.41. The molecule has 2 heterocycles. The van der Waals surface area contributed by atoms with Crippen LogP contribution in [0.2, 0.25) is 0 Å². The molecule has 92 valence electrons. The molecule has 0 bridgehead atoms. The van der Waals surface area contributed by atoms with Crippen LogP contribution >= 0.6 is 0 Å². The number of likely N-dealkylation sites (tertiary alicyclic amines) is 1. The molecule has 0 aromatic carbocycles. The SMILES string of the molecule is CCC1CCCN1C(=O)CCc1ncccn1. The van der Waals surface area contributed by atoms with Crippen LogP contribution in [0, 0.1) is 0 Å². The number of carbonyl (C=O) groups is 1. The standard InChI is InChI=1S/C13H19N3O/c1-2-11-5-3-10-16(11)13(17)7-6-12-14-8-4-9-15-12/h4,8-9,11H,2-3,5-7,10H2,1H3. The minimum Gasteiger partial charge on any atom is -0.340 e. The lowest BCUT2D eigenvalue weighted by atomic mass is 10.1. The molecule has 0 aliphatic carbocycles. The fourth-order valence-electron chi connectivity index (χ4n) is 2.41. The summed E-state index contributed by atoms with van der Waals surface area (Å²) in [6.07, 6.45) is 7.98. The van der Waals surface area contributed by atoms with Gasteiger partial charge in [0.2, 0.25) is 5.91 Å². The number of hydrogen-bond acceptors (Lipinski definition) is 3. The first-order chi connectivity index (χ1) is 8.31. The summed E-state index contributed by atoms with van der Waals surface area (Å²) in [5, 5.41) is 0. The largest absolute Gasteiger partial charge is 0.340 e. The summed E-state index contributed by atoms with van der Waals surface area (Å²) in [6.45, 7) is 3.07. The zero-order valence-corrected chi connectivity index (χ0v) is 10.3. The minimum absolute atomic E-state index is 0.252. The van der Waals surface area contributed by atoms with Gasteiger partial charge < -0.3 is 4.90 Å². The quantitative estimate of drug-likeness (QED) is 0.796. The molecule has 1 amide bonds. The number of amides is 1. The van der Waals surface area contributed by atoms with Crippen LogP contribution in [0.25, 0.3) is 0 Å². The highest BCUT2D eigenvalue weighted by Crippen LogP contribution is 2.20. The first kappa shape index (κ1) is 12.0. The average Bonchev–Trinajstić information content (AvgIpc) is 2.85. The van der Waals surface area contributed by atoms with Crippen molar-refractivity contribution < 1.29 is 4.79 Å². The second kappa shape index (κ2) is 5.75. The molecule has 0 saturated carbocycles. The molecule has 1 saturated heterocycles. The van der Waals surface area contributed by atoms with E-state index in [4.69, 9.17) is 0 Å². The van der Waals surface area contributed by atoms with E-state index in [0.29, 0.717) is 18.9 Å². The van der Waals surface area contributed by atoms with Gasteiger partial charge in [0.1, 0.15) is 5.82 Å². The Kier molecular flexibility index (Phi) is 4.07. The molecular formula is C13H19N3O. The van der Waals surface area contributed by atoms with Crippen molar-refractivity contribution in [2.75, 3.05) is 6.54 Å². The van der Waals surface area contributed by atoms with Crippen LogP contribution in [0.4, 0.5) is 0 Å². The number of carbonyl (C=O) groups excluding carboxylic acids is 1. The lowest BCUT2D eigenvalue weighted by Crippen LogP contribution is -2.35. The van der Waals surface area contributed by atoms with Crippen molar-refractivity contribution in [1.82, 2.24) is 14.9 Å². The first-order valence-corrected chi connectivity index (χ1v) is 6.36. The molecule has 17 heavy (non-hydrogen) atoms. The smallest absolute Gasteiger partial charge is 0.223 e. The molecule has 1 aliphatic heterocycles. The van der Waals surface area contributed by atoms with Gasteiger partial charge in [0.05, 0.1) is 0 Å². The first-order valence-electron chi connectivity index (χ1n) is 6.36. The van der Waals surface area contributed by atoms with Crippen molar-refractivity contribution in [2.24, 2.45) is 0 Å². The van der Waals surface area contributed by atoms with Crippen molar-refractivity contribution in [3.05, 3.63) is 24.3 Å². The number of hydrogen-bond donors (Lipinski definition) is 0. The van der Waals surface area contributed by atoms with E-state index in [1.807, 2.05) is 4.90 Å². The van der Waals surface area contributed by atoms with Gasteiger partial charge in [0.25, 0.3) is 0 Å². The van der Waals surface area contributed by atoms with Crippen LogP contribution in [0.15, 0.2) is 18.5 Å². The zero-order valence-electron chi connectivity index (χ0n) is 10.3. The molecule has 2 rings (SSSR count). The fraction of sp³-hybridized carbons (Fsp3) is 0.615. The monoisotopic (exact) mass is 233 g/mol. The molecule has 4 heteroatoms. The molecule has 1 atom stereocenters. The van der Waals surface area contributed by atoms with Crippen molar-refractivity contribution >= 4 is 5.91 Å². The van der Waals surface area contributed by atoms with E-state index >= 15 is 0 Å². The normalized spacial score (nSPS) is 19.6. The van der Waals surface area contributed by atoms with E-state index in [2.05, 4.69) is 16.9 Å². The third-order valence-electron chi connectivity index (χ3n) is 3.35. The maximum absolute atomic E-state index is 12.1. The maximum atomic E-state index is 12.1. The van der Waals surface area contributed by atoms with E-state index in [1.165, 1.54) is 0 Å². The van der Waals surface area contributed by atoms with E-state index in [-0.39, 0.29) is 5.91 Å². The molecule has 1 aliphatic rings. The highest BCUT2D eigenvalue weighted by Gasteiger charge is 2.26. The van der Waals surface area contributed by atoms with Crippen molar-refractivity contribution in [3.63, 3.8) is 0 Å². The van der Waals surface area contributed by atoms with E-state index < -0.39 is 0 Å². The van der Waals surface area contributed by atoms with Crippen molar-refractivity contribution in [2.45, 2.75) is 45.1 Å². The van der Waals surface area contributed by atoms with Crippen LogP contribution < -0.4 is 0 Å². The average molecular weight is 233 g/mol. The Labute approximate surface area is 102 Å². The Bertz CT molecular complexity index is 366. The van der Waals surface area contributed by atoms with Crippen LogP contribution in [-0.4, -0.2) is 33.4 Å². The highest BCUT2D eigenvalue weighted by molar-refractivity contribution is 5.77. The van der Waals surface area contributed by atoms with Gasteiger partial charge in [-0.25, -0.2) is 9.97 Å². The molecule has 1 unspecified atom stereocenters. The third kappa shape index (κ3) is 3.02. The third-order valence-corrected chi connectivity index (χ3v) is 3.35. The molecule has 1 aromatic heterocycles. The molecule has 0 radical (unpaired) electrons. The molecular weight excluding hydrogens is 214 g/mol. The lowest BCUT2D eigenvalue weighted by Gasteiger charge is -2.23. The highest BCUT2D eigenvalue weighted by atomic mass is 16.2. The summed E-state index contributed by atoms with van der Waals surface area (Å²) in [7, 11) is 0. The summed E-state index contributed by atoms with van der Waals surface area (Å²) < 4.78 is 0.